The monoisotopic (exact) mass is 293 g/mol. The Balaban J connectivity index is 2.19. The molecule has 0 saturated heterocycles. The second-order valence-electron chi connectivity index (χ2n) is 3.72. The molecule has 0 aliphatic heterocycles. The minimum absolute atomic E-state index is 0.160. The van der Waals surface area contributed by atoms with E-state index in [1.165, 1.54) is 0 Å². The SMILES string of the molecule is Cc1nc(NC(=O)c2cccn2C)ccc1Br. The van der Waals surface area contributed by atoms with Gasteiger partial charge in [0.05, 0.1) is 5.69 Å². The predicted octanol–water partition coefficient (Wildman–Crippen LogP) is 2.74. The van der Waals surface area contributed by atoms with E-state index in [4.69, 9.17) is 0 Å². The first-order chi connectivity index (χ1) is 8.08. The van der Waals surface area contributed by atoms with Gasteiger partial charge in [-0.15, -0.1) is 0 Å². The highest BCUT2D eigenvalue weighted by atomic mass is 79.9. The van der Waals surface area contributed by atoms with E-state index >= 15 is 0 Å². The number of nitrogens with one attached hydrogen (secondary N) is 1. The summed E-state index contributed by atoms with van der Waals surface area (Å²) in [4.78, 5) is 16.2. The number of anilines is 1. The smallest absolute Gasteiger partial charge is 0.273 e. The zero-order valence-corrected chi connectivity index (χ0v) is 11.2. The van der Waals surface area contributed by atoms with Crippen LogP contribution in [-0.2, 0) is 7.05 Å². The molecule has 2 heterocycles. The van der Waals surface area contributed by atoms with E-state index in [2.05, 4.69) is 26.2 Å². The number of aryl methyl sites for hydroxylation is 2. The number of carbonyl (C=O) groups is 1. The highest BCUT2D eigenvalue weighted by Crippen LogP contribution is 2.16. The molecule has 0 fully saturated rings. The van der Waals surface area contributed by atoms with Crippen LogP contribution in [0.3, 0.4) is 0 Å². The summed E-state index contributed by atoms with van der Waals surface area (Å²) in [7, 11) is 1.83. The van der Waals surface area contributed by atoms with Crippen molar-refractivity contribution in [3.63, 3.8) is 0 Å². The molecular formula is C12H12BrN3O. The second-order valence-corrected chi connectivity index (χ2v) is 4.58. The normalized spacial score (nSPS) is 10.3. The first kappa shape index (κ1) is 11.9. The predicted molar refractivity (Wildman–Crippen MR) is 70.0 cm³/mol. The summed E-state index contributed by atoms with van der Waals surface area (Å²) >= 11 is 3.37. The Hall–Kier alpha value is -1.62. The Morgan fingerprint density at radius 1 is 1.41 bits per heavy atom. The molecule has 1 amide bonds. The highest BCUT2D eigenvalue weighted by Gasteiger charge is 2.09. The minimum atomic E-state index is -0.160. The molecule has 4 nitrogen and oxygen atoms in total. The van der Waals surface area contributed by atoms with Gasteiger partial charge in [0, 0.05) is 17.7 Å². The van der Waals surface area contributed by atoms with Gasteiger partial charge >= 0.3 is 0 Å². The maximum absolute atomic E-state index is 11.9. The van der Waals surface area contributed by atoms with E-state index in [9.17, 15) is 4.79 Å². The van der Waals surface area contributed by atoms with Gasteiger partial charge < -0.3 is 9.88 Å². The molecule has 2 aromatic rings. The van der Waals surface area contributed by atoms with Crippen LogP contribution in [0.2, 0.25) is 0 Å². The van der Waals surface area contributed by atoms with Crippen molar-refractivity contribution in [1.82, 2.24) is 9.55 Å². The molecular weight excluding hydrogens is 282 g/mol. The van der Waals surface area contributed by atoms with E-state index < -0.39 is 0 Å². The summed E-state index contributed by atoms with van der Waals surface area (Å²) in [5.74, 6) is 0.392. The topological polar surface area (TPSA) is 46.9 Å². The zero-order chi connectivity index (χ0) is 12.4. The third-order valence-corrected chi connectivity index (χ3v) is 3.28. The Morgan fingerprint density at radius 2 is 2.18 bits per heavy atom. The summed E-state index contributed by atoms with van der Waals surface area (Å²) in [5.41, 5.74) is 1.45. The number of rotatable bonds is 2. The van der Waals surface area contributed by atoms with E-state index in [0.29, 0.717) is 11.5 Å². The van der Waals surface area contributed by atoms with Crippen molar-refractivity contribution in [1.29, 1.82) is 0 Å². The van der Waals surface area contributed by atoms with Crippen molar-refractivity contribution in [3.05, 3.63) is 46.3 Å². The lowest BCUT2D eigenvalue weighted by Gasteiger charge is -2.06. The minimum Gasteiger partial charge on any atom is -0.347 e. The van der Waals surface area contributed by atoms with E-state index in [1.54, 1.807) is 16.7 Å². The van der Waals surface area contributed by atoms with Crippen molar-refractivity contribution >= 4 is 27.7 Å². The summed E-state index contributed by atoms with van der Waals surface area (Å²) in [6.45, 7) is 1.88. The number of hydrogen-bond donors (Lipinski definition) is 1. The summed E-state index contributed by atoms with van der Waals surface area (Å²) in [6.07, 6.45) is 1.83. The Kier molecular flexibility index (Phi) is 3.28. The molecule has 2 rings (SSSR count). The molecule has 0 aliphatic rings. The number of carbonyl (C=O) groups excluding carboxylic acids is 1. The van der Waals surface area contributed by atoms with Crippen LogP contribution in [0.4, 0.5) is 5.82 Å². The van der Waals surface area contributed by atoms with Crippen molar-refractivity contribution in [2.75, 3.05) is 5.32 Å². The molecule has 0 aliphatic carbocycles. The van der Waals surface area contributed by atoms with Crippen LogP contribution in [-0.4, -0.2) is 15.5 Å². The van der Waals surface area contributed by atoms with Gasteiger partial charge in [0.15, 0.2) is 0 Å². The van der Waals surface area contributed by atoms with Crippen LogP contribution >= 0.6 is 15.9 Å². The Bertz CT molecular complexity index is 563. The van der Waals surface area contributed by atoms with Gasteiger partial charge in [-0.1, -0.05) is 0 Å². The number of hydrogen-bond acceptors (Lipinski definition) is 2. The Labute approximate surface area is 108 Å². The first-order valence-corrected chi connectivity index (χ1v) is 5.93. The van der Waals surface area contributed by atoms with Crippen LogP contribution in [0.1, 0.15) is 16.2 Å². The zero-order valence-electron chi connectivity index (χ0n) is 9.57. The van der Waals surface area contributed by atoms with Crippen molar-refractivity contribution in [3.8, 4) is 0 Å². The molecule has 5 heteroatoms. The van der Waals surface area contributed by atoms with Crippen molar-refractivity contribution in [2.45, 2.75) is 6.92 Å². The van der Waals surface area contributed by atoms with Gasteiger partial charge in [-0.05, 0) is 47.1 Å². The van der Waals surface area contributed by atoms with Gasteiger partial charge in [-0.2, -0.15) is 0 Å². The Morgan fingerprint density at radius 3 is 2.76 bits per heavy atom. The van der Waals surface area contributed by atoms with Gasteiger partial charge in [-0.3, -0.25) is 4.79 Å². The largest absolute Gasteiger partial charge is 0.347 e. The summed E-state index contributed by atoms with van der Waals surface area (Å²) in [6, 6.07) is 7.22. The van der Waals surface area contributed by atoms with Crippen LogP contribution in [0.25, 0.3) is 0 Å². The maximum atomic E-state index is 11.9. The maximum Gasteiger partial charge on any atom is 0.273 e. The third-order valence-electron chi connectivity index (χ3n) is 2.44. The molecule has 0 radical (unpaired) electrons. The average Bonchev–Trinajstić information content (AvgIpc) is 2.70. The van der Waals surface area contributed by atoms with Crippen LogP contribution in [0.5, 0.6) is 0 Å². The fourth-order valence-corrected chi connectivity index (χ4v) is 1.71. The lowest BCUT2D eigenvalue weighted by molar-refractivity contribution is 0.101. The molecule has 0 saturated carbocycles. The summed E-state index contributed by atoms with van der Waals surface area (Å²) < 4.78 is 2.69. The summed E-state index contributed by atoms with van der Waals surface area (Å²) in [5, 5.41) is 2.76. The molecule has 2 aromatic heterocycles. The number of aromatic nitrogens is 2. The second kappa shape index (κ2) is 4.71. The van der Waals surface area contributed by atoms with E-state index in [1.807, 2.05) is 32.3 Å². The van der Waals surface area contributed by atoms with E-state index in [0.717, 1.165) is 10.2 Å². The van der Waals surface area contributed by atoms with Crippen molar-refractivity contribution in [2.24, 2.45) is 7.05 Å². The number of pyridine rings is 1. The van der Waals surface area contributed by atoms with Gasteiger partial charge in [-0.25, -0.2) is 4.98 Å². The third kappa shape index (κ3) is 2.55. The number of halogens is 1. The van der Waals surface area contributed by atoms with Crippen LogP contribution < -0.4 is 5.32 Å². The quantitative estimate of drug-likeness (QED) is 0.925. The van der Waals surface area contributed by atoms with Crippen molar-refractivity contribution < 1.29 is 4.79 Å². The van der Waals surface area contributed by atoms with E-state index in [-0.39, 0.29) is 5.91 Å². The fraction of sp³-hybridized carbons (Fsp3) is 0.167. The molecule has 0 atom stereocenters. The molecule has 0 unspecified atom stereocenters. The molecule has 17 heavy (non-hydrogen) atoms. The van der Waals surface area contributed by atoms with Crippen LogP contribution in [0, 0.1) is 6.92 Å². The molecule has 0 spiro atoms. The lowest BCUT2D eigenvalue weighted by atomic mass is 10.3. The standard InChI is InChI=1S/C12H12BrN3O/c1-8-9(13)5-6-11(14-8)15-12(17)10-4-3-7-16(10)2/h3-7H,1-2H3,(H,14,15,17). The number of amides is 1. The lowest BCUT2D eigenvalue weighted by Crippen LogP contribution is -2.16. The number of nitrogens with zero attached hydrogens (tertiary/aromatic N) is 2. The highest BCUT2D eigenvalue weighted by molar-refractivity contribution is 9.10. The van der Waals surface area contributed by atoms with Gasteiger partial charge in [0.1, 0.15) is 11.5 Å². The van der Waals surface area contributed by atoms with Crippen LogP contribution in [0.15, 0.2) is 34.9 Å². The first-order valence-electron chi connectivity index (χ1n) is 5.14. The fourth-order valence-electron chi connectivity index (χ4n) is 1.49. The molecule has 0 aromatic carbocycles. The van der Waals surface area contributed by atoms with Gasteiger partial charge in [0.25, 0.3) is 5.91 Å². The average molecular weight is 294 g/mol. The van der Waals surface area contributed by atoms with Gasteiger partial charge in [0.2, 0.25) is 0 Å². The molecule has 88 valence electrons. The molecule has 1 N–H and O–H groups in total. The molecule has 0 bridgehead atoms.